The van der Waals surface area contributed by atoms with Crippen LogP contribution in [0, 0.1) is 5.82 Å². The molecule has 0 saturated carbocycles. The highest BCUT2D eigenvalue weighted by Crippen LogP contribution is 2.44. The highest BCUT2D eigenvalue weighted by atomic mass is 32.1. The summed E-state index contributed by atoms with van der Waals surface area (Å²) in [5, 5.41) is 0.746. The van der Waals surface area contributed by atoms with E-state index in [-0.39, 0.29) is 22.3 Å². The smallest absolute Gasteiger partial charge is 0.297 e. The lowest BCUT2D eigenvalue weighted by Crippen LogP contribution is -2.30. The van der Waals surface area contributed by atoms with Crippen LogP contribution in [0.3, 0.4) is 0 Å². The van der Waals surface area contributed by atoms with Crippen molar-refractivity contribution >= 4 is 43.6 Å². The number of carbonyl (C=O) groups is 1. The summed E-state index contributed by atoms with van der Waals surface area (Å²) in [4.78, 5) is 33.2. The SMILES string of the molecule is CCc1ccc2nc(N3C(=O)c4oc5ccccc5c(=O)c4C3c3ccccc3F)sc2c1. The van der Waals surface area contributed by atoms with Crippen molar-refractivity contribution in [3.05, 3.63) is 105 Å². The van der Waals surface area contributed by atoms with E-state index >= 15 is 4.39 Å². The molecule has 33 heavy (non-hydrogen) atoms. The third-order valence-electron chi connectivity index (χ3n) is 6.03. The van der Waals surface area contributed by atoms with Gasteiger partial charge in [0.15, 0.2) is 10.6 Å². The minimum Gasteiger partial charge on any atom is -0.450 e. The second-order valence-corrected chi connectivity index (χ2v) is 8.93. The number of para-hydroxylation sites is 1. The van der Waals surface area contributed by atoms with E-state index in [4.69, 9.17) is 4.42 Å². The summed E-state index contributed by atoms with van der Waals surface area (Å²) in [6.07, 6.45) is 0.875. The van der Waals surface area contributed by atoms with Gasteiger partial charge in [0, 0.05) is 5.56 Å². The van der Waals surface area contributed by atoms with Crippen LogP contribution in [0.2, 0.25) is 0 Å². The molecule has 1 aliphatic heterocycles. The fraction of sp³-hybridized carbons (Fsp3) is 0.115. The van der Waals surface area contributed by atoms with Gasteiger partial charge in [0.2, 0.25) is 5.76 Å². The van der Waals surface area contributed by atoms with Gasteiger partial charge < -0.3 is 4.42 Å². The van der Waals surface area contributed by atoms with Gasteiger partial charge >= 0.3 is 0 Å². The van der Waals surface area contributed by atoms with Crippen molar-refractivity contribution in [3.8, 4) is 0 Å². The first-order valence-electron chi connectivity index (χ1n) is 10.6. The van der Waals surface area contributed by atoms with Crippen LogP contribution in [0.15, 0.2) is 75.9 Å². The van der Waals surface area contributed by atoms with E-state index in [0.29, 0.717) is 16.1 Å². The Hall–Kier alpha value is -3.84. The van der Waals surface area contributed by atoms with Crippen molar-refractivity contribution in [1.82, 2.24) is 4.98 Å². The Balaban J connectivity index is 1.64. The first kappa shape index (κ1) is 19.8. The van der Waals surface area contributed by atoms with Gasteiger partial charge in [0.05, 0.1) is 21.2 Å². The Kier molecular flexibility index (Phi) is 4.41. The van der Waals surface area contributed by atoms with Gasteiger partial charge in [-0.15, -0.1) is 0 Å². The molecule has 2 aromatic heterocycles. The zero-order valence-corrected chi connectivity index (χ0v) is 18.4. The summed E-state index contributed by atoms with van der Waals surface area (Å²) < 4.78 is 21.8. The van der Waals surface area contributed by atoms with E-state index in [2.05, 4.69) is 11.9 Å². The van der Waals surface area contributed by atoms with E-state index in [0.717, 1.165) is 22.2 Å². The molecule has 0 aliphatic carbocycles. The zero-order valence-electron chi connectivity index (χ0n) is 17.5. The molecule has 162 valence electrons. The van der Waals surface area contributed by atoms with E-state index < -0.39 is 17.8 Å². The maximum absolute atomic E-state index is 15.0. The highest BCUT2D eigenvalue weighted by Gasteiger charge is 2.45. The first-order chi connectivity index (χ1) is 16.1. The number of nitrogens with zero attached hydrogens (tertiary/aromatic N) is 2. The molecule has 1 atom stereocenters. The van der Waals surface area contributed by atoms with Crippen molar-refractivity contribution in [2.45, 2.75) is 19.4 Å². The molecule has 0 fully saturated rings. The number of halogens is 1. The normalized spacial score (nSPS) is 15.5. The van der Waals surface area contributed by atoms with Crippen LogP contribution < -0.4 is 10.3 Å². The maximum Gasteiger partial charge on any atom is 0.297 e. The van der Waals surface area contributed by atoms with Crippen LogP contribution in [0.5, 0.6) is 0 Å². The van der Waals surface area contributed by atoms with Crippen LogP contribution in [-0.4, -0.2) is 10.9 Å². The molecule has 0 spiro atoms. The Morgan fingerprint density at radius 2 is 1.85 bits per heavy atom. The predicted molar refractivity (Wildman–Crippen MR) is 127 cm³/mol. The summed E-state index contributed by atoms with van der Waals surface area (Å²) in [5.41, 5.74) is 2.24. The second-order valence-electron chi connectivity index (χ2n) is 7.92. The Labute approximate surface area is 191 Å². The topological polar surface area (TPSA) is 63.4 Å². The van der Waals surface area contributed by atoms with E-state index in [1.54, 1.807) is 42.5 Å². The number of benzene rings is 3. The minimum absolute atomic E-state index is 0.0690. The number of thiazole rings is 1. The molecular weight excluding hydrogens is 439 g/mol. The monoisotopic (exact) mass is 456 g/mol. The van der Waals surface area contributed by atoms with Crippen molar-refractivity contribution in [1.29, 1.82) is 0 Å². The van der Waals surface area contributed by atoms with Crippen LogP contribution >= 0.6 is 11.3 Å². The number of fused-ring (bicyclic) bond motifs is 3. The quantitative estimate of drug-likeness (QED) is 0.341. The summed E-state index contributed by atoms with van der Waals surface area (Å²) in [7, 11) is 0. The highest BCUT2D eigenvalue weighted by molar-refractivity contribution is 7.22. The lowest BCUT2D eigenvalue weighted by molar-refractivity contribution is 0.0971. The Morgan fingerprint density at radius 3 is 2.67 bits per heavy atom. The number of hydrogen-bond donors (Lipinski definition) is 0. The van der Waals surface area contributed by atoms with Gasteiger partial charge in [-0.1, -0.05) is 54.7 Å². The number of aryl methyl sites for hydroxylation is 1. The Bertz CT molecular complexity index is 1640. The fourth-order valence-electron chi connectivity index (χ4n) is 4.39. The average molecular weight is 456 g/mol. The third-order valence-corrected chi connectivity index (χ3v) is 7.05. The third kappa shape index (κ3) is 2.93. The number of amides is 1. The summed E-state index contributed by atoms with van der Waals surface area (Å²) in [6.45, 7) is 2.07. The molecular formula is C26H17FN2O3S. The summed E-state index contributed by atoms with van der Waals surface area (Å²) in [5.74, 6) is -1.08. The van der Waals surface area contributed by atoms with E-state index in [9.17, 15) is 9.59 Å². The average Bonchev–Trinajstić information content (AvgIpc) is 3.37. The number of rotatable bonds is 3. The molecule has 3 heterocycles. The molecule has 5 aromatic rings. The molecule has 0 saturated heterocycles. The van der Waals surface area contributed by atoms with Crippen molar-refractivity contribution < 1.29 is 13.6 Å². The van der Waals surface area contributed by atoms with Crippen LogP contribution in [-0.2, 0) is 6.42 Å². The predicted octanol–water partition coefficient (Wildman–Crippen LogP) is 5.85. The molecule has 7 heteroatoms. The van der Waals surface area contributed by atoms with Gasteiger partial charge in [0.25, 0.3) is 5.91 Å². The zero-order chi connectivity index (χ0) is 22.7. The lowest BCUT2D eigenvalue weighted by atomic mass is 9.98. The molecule has 0 bridgehead atoms. The van der Waals surface area contributed by atoms with Gasteiger partial charge in [0.1, 0.15) is 17.4 Å². The molecule has 1 aliphatic rings. The Morgan fingerprint density at radius 1 is 1.06 bits per heavy atom. The maximum atomic E-state index is 15.0. The molecule has 1 amide bonds. The summed E-state index contributed by atoms with van der Waals surface area (Å²) in [6, 6.07) is 17.9. The van der Waals surface area contributed by atoms with E-state index in [1.165, 1.54) is 22.3 Å². The van der Waals surface area contributed by atoms with Crippen molar-refractivity contribution in [2.24, 2.45) is 0 Å². The van der Waals surface area contributed by atoms with Gasteiger partial charge in [-0.25, -0.2) is 9.37 Å². The number of carbonyl (C=O) groups excluding carboxylic acids is 1. The second kappa shape index (κ2) is 7.35. The van der Waals surface area contributed by atoms with Crippen molar-refractivity contribution in [2.75, 3.05) is 4.90 Å². The van der Waals surface area contributed by atoms with Gasteiger partial charge in [-0.05, 0) is 42.3 Å². The minimum atomic E-state index is -0.972. The molecule has 6 rings (SSSR count). The standard InChI is InChI=1S/C26H17FN2O3S/c1-2-14-11-12-18-20(13-14)33-26(28-18)29-22(15-7-3-5-9-17(15)27)21-23(30)16-8-4-6-10-19(16)32-24(21)25(29)31/h3-13,22H,2H2,1H3. The molecule has 3 aromatic carbocycles. The largest absolute Gasteiger partial charge is 0.450 e. The molecule has 1 unspecified atom stereocenters. The number of anilines is 1. The van der Waals surface area contributed by atoms with E-state index in [1.807, 2.05) is 18.2 Å². The van der Waals surface area contributed by atoms with Crippen LogP contribution in [0.4, 0.5) is 9.52 Å². The molecule has 5 nitrogen and oxygen atoms in total. The van der Waals surface area contributed by atoms with Crippen LogP contribution in [0.25, 0.3) is 21.2 Å². The van der Waals surface area contributed by atoms with Crippen molar-refractivity contribution in [3.63, 3.8) is 0 Å². The molecule has 0 radical (unpaired) electrons. The first-order valence-corrected chi connectivity index (χ1v) is 11.4. The van der Waals surface area contributed by atoms with Gasteiger partial charge in [-0.3, -0.25) is 14.5 Å². The van der Waals surface area contributed by atoms with Gasteiger partial charge in [-0.2, -0.15) is 0 Å². The summed E-state index contributed by atoms with van der Waals surface area (Å²) >= 11 is 1.34. The molecule has 0 N–H and O–H groups in total. The number of aromatic nitrogens is 1. The fourth-order valence-corrected chi connectivity index (χ4v) is 5.44. The van der Waals surface area contributed by atoms with Crippen LogP contribution in [0.1, 0.15) is 40.2 Å². The lowest BCUT2D eigenvalue weighted by Gasteiger charge is -2.22. The number of hydrogen-bond acceptors (Lipinski definition) is 5.